The van der Waals surface area contributed by atoms with Crippen LogP contribution in [0, 0.1) is 0 Å². The third-order valence-corrected chi connectivity index (χ3v) is 7.73. The number of amides is 1. The van der Waals surface area contributed by atoms with Crippen LogP contribution < -0.4 is 10.1 Å². The monoisotopic (exact) mass is 682 g/mol. The molecule has 0 aliphatic carbocycles. The molecular formula is C32H29Br2ClN2O3. The van der Waals surface area contributed by atoms with Crippen LogP contribution in [-0.4, -0.2) is 42.3 Å². The van der Waals surface area contributed by atoms with Crippen molar-refractivity contribution in [3.05, 3.63) is 117 Å². The quantitative estimate of drug-likeness (QED) is 0.207. The molecule has 4 aromatic carbocycles. The van der Waals surface area contributed by atoms with Crippen LogP contribution in [0.15, 0.2) is 106 Å². The molecular weight excluding hydrogens is 656 g/mol. The summed E-state index contributed by atoms with van der Waals surface area (Å²) < 4.78 is 8.03. The van der Waals surface area contributed by atoms with Gasteiger partial charge >= 0.3 is 0 Å². The number of carbonyl (C=O) groups is 2. The summed E-state index contributed by atoms with van der Waals surface area (Å²) in [4.78, 5) is 25.3. The zero-order valence-corrected chi connectivity index (χ0v) is 25.9. The Kier molecular flexibility index (Phi) is 10.9. The molecule has 5 nitrogen and oxygen atoms in total. The van der Waals surface area contributed by atoms with E-state index in [1.807, 2.05) is 48.5 Å². The predicted octanol–water partition coefficient (Wildman–Crippen LogP) is 8.67. The van der Waals surface area contributed by atoms with Crippen molar-refractivity contribution in [1.29, 1.82) is 0 Å². The largest absolute Gasteiger partial charge is 0.490 e. The molecule has 0 saturated carbocycles. The topological polar surface area (TPSA) is 58.6 Å². The molecule has 206 valence electrons. The number of rotatable bonds is 6. The summed E-state index contributed by atoms with van der Waals surface area (Å²) in [5.74, 6) is 0.787. The Morgan fingerprint density at radius 2 is 1.38 bits per heavy atom. The van der Waals surface area contributed by atoms with Crippen LogP contribution in [0.2, 0.25) is 0 Å². The fraction of sp³-hybridized carbons (Fsp3) is 0.188. The molecule has 1 saturated heterocycles. The number of hydrogen-bond donors (Lipinski definition) is 1. The normalized spacial score (nSPS) is 13.6. The van der Waals surface area contributed by atoms with Crippen LogP contribution in [-0.2, 0) is 0 Å². The third-order valence-electron chi connectivity index (χ3n) is 6.45. The van der Waals surface area contributed by atoms with Gasteiger partial charge in [0, 0.05) is 38.8 Å². The van der Waals surface area contributed by atoms with Crippen molar-refractivity contribution in [2.24, 2.45) is 0 Å². The molecule has 1 fully saturated rings. The Hall–Kier alpha value is -2.97. The molecule has 1 aliphatic rings. The number of ether oxygens (including phenoxy) is 1. The smallest absolute Gasteiger partial charge is 0.255 e. The van der Waals surface area contributed by atoms with Gasteiger partial charge in [-0.2, -0.15) is 0 Å². The Bertz CT molecular complexity index is 1420. The van der Waals surface area contributed by atoms with E-state index >= 15 is 0 Å². The van der Waals surface area contributed by atoms with Gasteiger partial charge in [0.25, 0.3) is 11.1 Å². The number of nitrogens with one attached hydrogen (secondary N) is 1. The number of piperidine rings is 1. The van der Waals surface area contributed by atoms with Gasteiger partial charge in [-0.05, 0) is 115 Å². The summed E-state index contributed by atoms with van der Waals surface area (Å²) in [5.41, 5.74) is 4.05. The number of nitrogens with zero attached hydrogens (tertiary/aromatic N) is 1. The molecule has 4 aromatic rings. The van der Waals surface area contributed by atoms with Gasteiger partial charge in [0.1, 0.15) is 11.9 Å². The summed E-state index contributed by atoms with van der Waals surface area (Å²) in [6, 6.07) is 30.3. The average Bonchev–Trinajstić information content (AvgIpc) is 2.96. The number of anilines is 1. The number of carbonyl (C=O) groups excluding carboxylic acids is 2. The Balaban J connectivity index is 0.000000312. The van der Waals surface area contributed by atoms with Crippen molar-refractivity contribution in [2.45, 2.75) is 18.9 Å². The van der Waals surface area contributed by atoms with Crippen molar-refractivity contribution in [3.8, 4) is 16.9 Å². The zero-order chi connectivity index (χ0) is 28.5. The first-order valence-electron chi connectivity index (χ1n) is 12.8. The van der Waals surface area contributed by atoms with Crippen molar-refractivity contribution < 1.29 is 14.3 Å². The number of benzene rings is 4. The summed E-state index contributed by atoms with van der Waals surface area (Å²) in [5, 5.41) is 2.55. The second-order valence-corrected chi connectivity index (χ2v) is 11.6. The standard InChI is InChI=1S/C25H25BrN2O2.C7H4BrClO/c1-28-15-13-24(14-16-28)30-23-11-7-18(8-12-23)20-3-2-4-22(17-20)27-25(29)19-5-9-21(26)10-6-19;8-6-3-1-5(2-4-6)7(9)10/h2-12,17,24H,13-16H2,1H3,(H,27,29);1-4H. The molecule has 1 N–H and O–H groups in total. The molecule has 1 heterocycles. The van der Waals surface area contributed by atoms with Gasteiger partial charge in [-0.25, -0.2) is 0 Å². The lowest BCUT2D eigenvalue weighted by atomic mass is 10.0. The second kappa shape index (κ2) is 14.6. The molecule has 0 radical (unpaired) electrons. The highest BCUT2D eigenvalue weighted by molar-refractivity contribution is 9.10. The summed E-state index contributed by atoms with van der Waals surface area (Å²) in [6.07, 6.45) is 2.43. The minimum absolute atomic E-state index is 0.124. The maximum Gasteiger partial charge on any atom is 0.255 e. The second-order valence-electron chi connectivity index (χ2n) is 9.47. The lowest BCUT2D eigenvalue weighted by Crippen LogP contribution is -2.35. The molecule has 0 unspecified atom stereocenters. The molecule has 0 bridgehead atoms. The van der Waals surface area contributed by atoms with E-state index < -0.39 is 5.24 Å². The number of likely N-dealkylation sites (tertiary alicyclic amines) is 1. The molecule has 1 aliphatic heterocycles. The van der Waals surface area contributed by atoms with Crippen LogP contribution in [0.5, 0.6) is 5.75 Å². The van der Waals surface area contributed by atoms with Gasteiger partial charge < -0.3 is 15.0 Å². The van der Waals surface area contributed by atoms with Gasteiger partial charge in [-0.15, -0.1) is 0 Å². The van der Waals surface area contributed by atoms with Crippen LogP contribution in [0.1, 0.15) is 33.6 Å². The number of halogens is 3. The van der Waals surface area contributed by atoms with Gasteiger partial charge in [0.15, 0.2) is 0 Å². The van der Waals surface area contributed by atoms with Crippen molar-refractivity contribution in [3.63, 3.8) is 0 Å². The lowest BCUT2D eigenvalue weighted by molar-refractivity contribution is 0.102. The Labute approximate surface area is 256 Å². The van der Waals surface area contributed by atoms with Gasteiger partial charge in [-0.3, -0.25) is 9.59 Å². The maximum atomic E-state index is 12.5. The molecule has 1 amide bonds. The van der Waals surface area contributed by atoms with Crippen LogP contribution in [0.25, 0.3) is 11.1 Å². The van der Waals surface area contributed by atoms with Crippen LogP contribution in [0.3, 0.4) is 0 Å². The fourth-order valence-corrected chi connectivity index (χ4v) is 4.84. The predicted molar refractivity (Wildman–Crippen MR) is 169 cm³/mol. The van der Waals surface area contributed by atoms with Gasteiger partial charge in [0.05, 0.1) is 0 Å². The van der Waals surface area contributed by atoms with Crippen molar-refractivity contribution >= 4 is 60.3 Å². The molecule has 40 heavy (non-hydrogen) atoms. The maximum absolute atomic E-state index is 12.5. The number of hydrogen-bond acceptors (Lipinski definition) is 4. The van der Waals surface area contributed by atoms with E-state index in [0.717, 1.165) is 57.4 Å². The highest BCUT2D eigenvalue weighted by Crippen LogP contribution is 2.27. The van der Waals surface area contributed by atoms with E-state index in [0.29, 0.717) is 17.2 Å². The molecule has 0 aromatic heterocycles. The van der Waals surface area contributed by atoms with E-state index in [9.17, 15) is 9.59 Å². The molecule has 8 heteroatoms. The first kappa shape index (κ1) is 30.0. The van der Waals surface area contributed by atoms with E-state index in [2.05, 4.69) is 61.3 Å². The van der Waals surface area contributed by atoms with E-state index in [1.54, 1.807) is 36.4 Å². The highest BCUT2D eigenvalue weighted by atomic mass is 79.9. The molecule has 0 atom stereocenters. The lowest BCUT2D eigenvalue weighted by Gasteiger charge is -2.29. The summed E-state index contributed by atoms with van der Waals surface area (Å²) in [7, 11) is 2.15. The van der Waals surface area contributed by atoms with Crippen molar-refractivity contribution in [2.75, 3.05) is 25.5 Å². The minimum Gasteiger partial charge on any atom is -0.490 e. The summed E-state index contributed by atoms with van der Waals surface area (Å²) in [6.45, 7) is 2.17. The minimum atomic E-state index is -0.424. The third kappa shape index (κ3) is 9.03. The van der Waals surface area contributed by atoms with E-state index in [-0.39, 0.29) is 5.91 Å². The van der Waals surface area contributed by atoms with E-state index in [1.165, 1.54) is 0 Å². The average molecular weight is 685 g/mol. The molecule has 5 rings (SSSR count). The highest BCUT2D eigenvalue weighted by Gasteiger charge is 2.18. The van der Waals surface area contributed by atoms with Gasteiger partial charge in [-0.1, -0.05) is 56.1 Å². The first-order chi connectivity index (χ1) is 19.3. The van der Waals surface area contributed by atoms with E-state index in [4.69, 9.17) is 16.3 Å². The first-order valence-corrected chi connectivity index (χ1v) is 14.8. The Morgan fingerprint density at radius 1 is 0.800 bits per heavy atom. The zero-order valence-electron chi connectivity index (χ0n) is 21.9. The van der Waals surface area contributed by atoms with Gasteiger partial charge in [0.2, 0.25) is 0 Å². The Morgan fingerprint density at radius 3 is 1.95 bits per heavy atom. The van der Waals surface area contributed by atoms with Crippen LogP contribution in [0.4, 0.5) is 5.69 Å². The van der Waals surface area contributed by atoms with Crippen LogP contribution >= 0.6 is 43.5 Å². The molecule has 0 spiro atoms. The SMILES string of the molecule is CN1CCC(Oc2ccc(-c3cccc(NC(=O)c4ccc(Br)cc4)c3)cc2)CC1.O=C(Cl)c1ccc(Br)cc1. The van der Waals surface area contributed by atoms with Crippen molar-refractivity contribution in [1.82, 2.24) is 4.90 Å². The summed E-state index contributed by atoms with van der Waals surface area (Å²) >= 11 is 11.8. The fourth-order valence-electron chi connectivity index (χ4n) is 4.18.